The highest BCUT2D eigenvalue weighted by molar-refractivity contribution is 7.90. The monoisotopic (exact) mass is 383 g/mol. The molecule has 0 unspecified atom stereocenters. The molecule has 0 aliphatic heterocycles. The van der Waals surface area contributed by atoms with Gasteiger partial charge in [0.05, 0.1) is 16.1 Å². The van der Waals surface area contributed by atoms with Crippen LogP contribution in [0.4, 0.5) is 0 Å². The van der Waals surface area contributed by atoms with Crippen molar-refractivity contribution in [2.45, 2.75) is 11.8 Å². The lowest BCUT2D eigenvalue weighted by Crippen LogP contribution is -2.11. The van der Waals surface area contributed by atoms with Crippen LogP contribution in [0.1, 0.15) is 5.82 Å². The van der Waals surface area contributed by atoms with Crippen LogP contribution < -0.4 is 0 Å². The van der Waals surface area contributed by atoms with Crippen LogP contribution in [0.2, 0.25) is 5.15 Å². The molecule has 4 rings (SSSR count). The molecule has 0 saturated heterocycles. The fourth-order valence-electron chi connectivity index (χ4n) is 2.93. The van der Waals surface area contributed by atoms with E-state index in [2.05, 4.69) is 9.97 Å². The Morgan fingerprint density at radius 3 is 2.38 bits per heavy atom. The Labute approximate surface area is 156 Å². The van der Waals surface area contributed by atoms with Gasteiger partial charge in [-0.3, -0.25) is 0 Å². The van der Waals surface area contributed by atoms with E-state index in [4.69, 9.17) is 11.6 Å². The number of nitrogens with zero attached hydrogens (tertiary/aromatic N) is 3. The fourth-order valence-corrected chi connectivity index (χ4v) is 4.54. The smallest absolute Gasteiger partial charge is 0.240 e. The van der Waals surface area contributed by atoms with Crippen LogP contribution in [0.15, 0.2) is 71.8 Å². The number of fused-ring (bicyclic) bond motifs is 1. The first kappa shape index (κ1) is 16.8. The molecule has 130 valence electrons. The molecule has 0 fully saturated rings. The van der Waals surface area contributed by atoms with Crippen molar-refractivity contribution >= 4 is 32.5 Å². The van der Waals surface area contributed by atoms with Crippen molar-refractivity contribution in [2.75, 3.05) is 0 Å². The molecule has 0 atom stereocenters. The standard InChI is InChI=1S/C19H14ClN3O2S/c1-13-21-17(11-19(20)22-13)16-12-23(18-10-6-5-9-15(16)18)26(24,25)14-7-3-2-4-8-14/h2-12H,1H3. The first-order valence-corrected chi connectivity index (χ1v) is 9.71. The number of hydrogen-bond acceptors (Lipinski definition) is 4. The highest BCUT2D eigenvalue weighted by Crippen LogP contribution is 2.32. The molecule has 0 spiro atoms. The van der Waals surface area contributed by atoms with E-state index in [0.29, 0.717) is 27.8 Å². The molecule has 0 amide bonds. The van der Waals surface area contributed by atoms with Gasteiger partial charge in [-0.2, -0.15) is 0 Å². The Hall–Kier alpha value is -2.70. The van der Waals surface area contributed by atoms with Gasteiger partial charge in [0.25, 0.3) is 10.0 Å². The summed E-state index contributed by atoms with van der Waals surface area (Å²) in [7, 11) is -3.73. The average Bonchev–Trinajstić information content (AvgIpc) is 3.02. The highest BCUT2D eigenvalue weighted by atomic mass is 35.5. The molecule has 0 N–H and O–H groups in total. The SMILES string of the molecule is Cc1nc(Cl)cc(-c2cn(S(=O)(=O)c3ccccc3)c3ccccc23)n1. The van der Waals surface area contributed by atoms with E-state index in [1.165, 1.54) is 3.97 Å². The van der Waals surface area contributed by atoms with Crippen molar-refractivity contribution in [1.82, 2.24) is 13.9 Å². The number of benzene rings is 2. The zero-order valence-corrected chi connectivity index (χ0v) is 15.4. The molecule has 0 aliphatic carbocycles. The van der Waals surface area contributed by atoms with Crippen LogP contribution in [0.3, 0.4) is 0 Å². The van der Waals surface area contributed by atoms with Gasteiger partial charge < -0.3 is 0 Å². The van der Waals surface area contributed by atoms with Gasteiger partial charge in [-0.05, 0) is 25.1 Å². The van der Waals surface area contributed by atoms with E-state index in [1.807, 2.05) is 12.1 Å². The maximum Gasteiger partial charge on any atom is 0.268 e. The minimum Gasteiger partial charge on any atom is -0.240 e. The predicted molar refractivity (Wildman–Crippen MR) is 102 cm³/mol. The van der Waals surface area contributed by atoms with Gasteiger partial charge in [-0.25, -0.2) is 22.4 Å². The molecule has 0 saturated carbocycles. The number of rotatable bonds is 3. The van der Waals surface area contributed by atoms with Gasteiger partial charge in [0.15, 0.2) is 0 Å². The lowest BCUT2D eigenvalue weighted by molar-refractivity contribution is 0.589. The molecule has 26 heavy (non-hydrogen) atoms. The van der Waals surface area contributed by atoms with Crippen molar-refractivity contribution in [3.05, 3.63) is 77.8 Å². The van der Waals surface area contributed by atoms with Crippen molar-refractivity contribution in [3.63, 3.8) is 0 Å². The van der Waals surface area contributed by atoms with Gasteiger partial charge in [0.1, 0.15) is 11.0 Å². The number of aromatic nitrogens is 3. The Bertz CT molecular complexity index is 1200. The van der Waals surface area contributed by atoms with E-state index in [0.717, 1.165) is 5.39 Å². The topological polar surface area (TPSA) is 64.8 Å². The molecular weight excluding hydrogens is 370 g/mol. The third kappa shape index (κ3) is 2.77. The molecule has 0 radical (unpaired) electrons. The van der Waals surface area contributed by atoms with E-state index < -0.39 is 10.0 Å². The zero-order valence-electron chi connectivity index (χ0n) is 13.8. The summed E-state index contributed by atoms with van der Waals surface area (Å²) in [4.78, 5) is 8.72. The minimum atomic E-state index is -3.73. The maximum absolute atomic E-state index is 13.1. The summed E-state index contributed by atoms with van der Waals surface area (Å²) in [6, 6.07) is 17.3. The van der Waals surface area contributed by atoms with Gasteiger partial charge in [0.2, 0.25) is 0 Å². The number of aryl methyl sites for hydroxylation is 1. The van der Waals surface area contributed by atoms with Crippen LogP contribution in [-0.2, 0) is 10.0 Å². The largest absolute Gasteiger partial charge is 0.268 e. The van der Waals surface area contributed by atoms with Crippen LogP contribution in [0.25, 0.3) is 22.2 Å². The first-order chi connectivity index (χ1) is 12.5. The summed E-state index contributed by atoms with van der Waals surface area (Å²) in [5.41, 5.74) is 1.85. The second-order valence-electron chi connectivity index (χ2n) is 5.80. The van der Waals surface area contributed by atoms with Crippen LogP contribution in [0, 0.1) is 6.92 Å². The fraction of sp³-hybridized carbons (Fsp3) is 0.0526. The maximum atomic E-state index is 13.1. The first-order valence-electron chi connectivity index (χ1n) is 7.89. The molecule has 0 bridgehead atoms. The van der Waals surface area contributed by atoms with Crippen molar-refractivity contribution < 1.29 is 8.42 Å². The molecule has 4 aromatic rings. The zero-order chi connectivity index (χ0) is 18.3. The molecule has 2 aromatic heterocycles. The third-order valence-electron chi connectivity index (χ3n) is 4.06. The average molecular weight is 384 g/mol. The summed E-state index contributed by atoms with van der Waals surface area (Å²) in [5, 5.41) is 1.09. The molecule has 0 aliphatic rings. The lowest BCUT2D eigenvalue weighted by atomic mass is 10.1. The number of hydrogen-bond donors (Lipinski definition) is 0. The second kappa shape index (κ2) is 6.23. The quantitative estimate of drug-likeness (QED) is 0.495. The van der Waals surface area contributed by atoms with Crippen LogP contribution in [-0.4, -0.2) is 22.4 Å². The summed E-state index contributed by atoms with van der Waals surface area (Å²) in [6.45, 7) is 1.75. The van der Waals surface area contributed by atoms with Gasteiger partial charge in [-0.15, -0.1) is 0 Å². The molecule has 5 nitrogen and oxygen atoms in total. The summed E-state index contributed by atoms with van der Waals surface area (Å²) < 4.78 is 27.6. The molecule has 7 heteroatoms. The lowest BCUT2D eigenvalue weighted by Gasteiger charge is -2.07. The van der Waals surface area contributed by atoms with Crippen molar-refractivity contribution in [1.29, 1.82) is 0 Å². The van der Waals surface area contributed by atoms with E-state index in [9.17, 15) is 8.42 Å². The molecular formula is C19H14ClN3O2S. The van der Waals surface area contributed by atoms with Gasteiger partial charge in [-0.1, -0.05) is 48.0 Å². The van der Waals surface area contributed by atoms with Gasteiger partial charge >= 0.3 is 0 Å². The Morgan fingerprint density at radius 1 is 0.962 bits per heavy atom. The van der Waals surface area contributed by atoms with E-state index in [1.54, 1.807) is 61.7 Å². The third-order valence-corrected chi connectivity index (χ3v) is 5.94. The van der Waals surface area contributed by atoms with E-state index in [-0.39, 0.29) is 4.90 Å². The summed E-state index contributed by atoms with van der Waals surface area (Å²) in [5.74, 6) is 0.523. The van der Waals surface area contributed by atoms with Crippen LogP contribution >= 0.6 is 11.6 Å². The predicted octanol–water partition coefficient (Wildman–Crippen LogP) is 4.30. The molecule has 2 aromatic carbocycles. The number of para-hydroxylation sites is 1. The Kier molecular flexibility index (Phi) is 4.01. The summed E-state index contributed by atoms with van der Waals surface area (Å²) in [6.07, 6.45) is 1.59. The summed E-state index contributed by atoms with van der Waals surface area (Å²) >= 11 is 6.07. The normalized spacial score (nSPS) is 11.8. The van der Waals surface area contributed by atoms with Crippen molar-refractivity contribution in [3.8, 4) is 11.3 Å². The minimum absolute atomic E-state index is 0.226. The Morgan fingerprint density at radius 2 is 1.65 bits per heavy atom. The second-order valence-corrected chi connectivity index (χ2v) is 8.00. The highest BCUT2D eigenvalue weighted by Gasteiger charge is 2.22. The van der Waals surface area contributed by atoms with Gasteiger partial charge in [0, 0.05) is 23.2 Å². The molecule has 2 heterocycles. The number of halogens is 1. The van der Waals surface area contributed by atoms with Crippen molar-refractivity contribution in [2.24, 2.45) is 0 Å². The van der Waals surface area contributed by atoms with Crippen LogP contribution in [0.5, 0.6) is 0 Å². The Balaban J connectivity index is 2.02. The van der Waals surface area contributed by atoms with E-state index >= 15 is 0 Å².